The summed E-state index contributed by atoms with van der Waals surface area (Å²) in [7, 11) is 0. The smallest absolute Gasteiger partial charge is 0.335 e. The number of ketones is 1. The first-order chi connectivity index (χ1) is 17.7. The molecular formula is C28H35N3O5S. The van der Waals surface area contributed by atoms with Gasteiger partial charge in [-0.2, -0.15) is 0 Å². The molecule has 0 spiro atoms. The molecule has 8 nitrogen and oxygen atoms in total. The SMILES string of the molecule is CC(=O)c1sc2cc1-c1ccc(C(=O)O)cc1NC(=O)[C@H](C)CCC[C@@H]2NC(=O)C1CCC(CN)CC1. The van der Waals surface area contributed by atoms with Gasteiger partial charge in [-0.1, -0.05) is 19.4 Å². The predicted molar refractivity (Wildman–Crippen MR) is 144 cm³/mol. The molecule has 2 bridgehead atoms. The van der Waals surface area contributed by atoms with Gasteiger partial charge in [-0.15, -0.1) is 11.3 Å². The Morgan fingerprint density at radius 2 is 1.81 bits per heavy atom. The Hall–Kier alpha value is -3.04. The lowest BCUT2D eigenvalue weighted by molar-refractivity contribution is -0.127. The zero-order valence-corrected chi connectivity index (χ0v) is 22.2. The number of fused-ring (bicyclic) bond motifs is 4. The maximum absolute atomic E-state index is 13.3. The van der Waals surface area contributed by atoms with Crippen LogP contribution in [-0.4, -0.2) is 35.2 Å². The van der Waals surface area contributed by atoms with Crippen molar-refractivity contribution < 1.29 is 24.3 Å². The average molecular weight is 526 g/mol. The number of rotatable bonds is 5. The van der Waals surface area contributed by atoms with E-state index in [0.717, 1.165) is 30.6 Å². The number of carbonyl (C=O) groups excluding carboxylic acids is 3. The quantitative estimate of drug-likeness (QED) is 0.405. The fraction of sp³-hybridized carbons (Fsp3) is 0.500. The molecule has 37 heavy (non-hydrogen) atoms. The summed E-state index contributed by atoms with van der Waals surface area (Å²) in [4.78, 5) is 51.9. The van der Waals surface area contributed by atoms with Crippen LogP contribution in [0, 0.1) is 17.8 Å². The molecule has 1 aliphatic carbocycles. The summed E-state index contributed by atoms with van der Waals surface area (Å²) >= 11 is 1.36. The molecule has 2 aromatic rings. The van der Waals surface area contributed by atoms with Gasteiger partial charge in [0.2, 0.25) is 11.8 Å². The Kier molecular flexibility index (Phi) is 8.44. The van der Waals surface area contributed by atoms with Crippen molar-refractivity contribution in [1.82, 2.24) is 5.32 Å². The van der Waals surface area contributed by atoms with Crippen molar-refractivity contribution in [1.29, 1.82) is 0 Å². The van der Waals surface area contributed by atoms with Crippen molar-refractivity contribution >= 4 is 40.6 Å². The molecule has 0 unspecified atom stereocenters. The van der Waals surface area contributed by atoms with Gasteiger partial charge in [0.1, 0.15) is 0 Å². The van der Waals surface area contributed by atoms with Gasteiger partial charge in [0.25, 0.3) is 0 Å². The minimum Gasteiger partial charge on any atom is -0.478 e. The number of anilines is 1. The zero-order valence-electron chi connectivity index (χ0n) is 21.3. The van der Waals surface area contributed by atoms with Crippen LogP contribution in [0.3, 0.4) is 0 Å². The van der Waals surface area contributed by atoms with Crippen LogP contribution in [0.25, 0.3) is 11.1 Å². The normalized spacial score (nSPS) is 24.1. The Morgan fingerprint density at radius 3 is 2.46 bits per heavy atom. The highest BCUT2D eigenvalue weighted by Gasteiger charge is 2.30. The molecule has 1 fully saturated rings. The van der Waals surface area contributed by atoms with E-state index in [4.69, 9.17) is 5.73 Å². The van der Waals surface area contributed by atoms with Crippen molar-refractivity contribution in [3.8, 4) is 11.1 Å². The van der Waals surface area contributed by atoms with Crippen molar-refractivity contribution in [2.45, 2.75) is 64.8 Å². The second-order valence-corrected chi connectivity index (χ2v) is 11.4. The van der Waals surface area contributed by atoms with Crippen molar-refractivity contribution in [2.75, 3.05) is 11.9 Å². The second kappa shape index (κ2) is 11.6. The number of hydrogen-bond acceptors (Lipinski definition) is 6. The van der Waals surface area contributed by atoms with E-state index in [1.165, 1.54) is 30.4 Å². The first-order valence-electron chi connectivity index (χ1n) is 13.0. The highest BCUT2D eigenvalue weighted by atomic mass is 32.1. The largest absolute Gasteiger partial charge is 0.478 e. The van der Waals surface area contributed by atoms with Crippen LogP contribution < -0.4 is 16.4 Å². The van der Waals surface area contributed by atoms with E-state index in [2.05, 4.69) is 10.6 Å². The van der Waals surface area contributed by atoms with Gasteiger partial charge in [0, 0.05) is 33.5 Å². The molecule has 1 aromatic heterocycles. The number of hydrogen-bond donors (Lipinski definition) is 4. The highest BCUT2D eigenvalue weighted by Crippen LogP contribution is 2.41. The zero-order chi connectivity index (χ0) is 26.7. The van der Waals surface area contributed by atoms with Gasteiger partial charge in [-0.3, -0.25) is 14.4 Å². The number of nitrogens with two attached hydrogens (primary N) is 1. The number of nitrogens with one attached hydrogen (secondary N) is 2. The molecular weight excluding hydrogens is 490 g/mol. The predicted octanol–water partition coefficient (Wildman–Crippen LogP) is 5.00. The molecule has 0 radical (unpaired) electrons. The van der Waals surface area contributed by atoms with E-state index < -0.39 is 5.97 Å². The molecule has 9 heteroatoms. The summed E-state index contributed by atoms with van der Waals surface area (Å²) in [6, 6.07) is 6.19. The minimum atomic E-state index is -1.10. The highest BCUT2D eigenvalue weighted by molar-refractivity contribution is 7.14. The molecule has 2 heterocycles. The number of aromatic carboxylic acids is 1. The average Bonchev–Trinajstić information content (AvgIpc) is 3.33. The summed E-state index contributed by atoms with van der Waals surface area (Å²) in [5, 5.41) is 15.7. The lowest BCUT2D eigenvalue weighted by Gasteiger charge is -2.28. The summed E-state index contributed by atoms with van der Waals surface area (Å²) in [5.41, 5.74) is 7.45. The molecule has 5 N–H and O–H groups in total. The van der Waals surface area contributed by atoms with Crippen LogP contribution >= 0.6 is 11.3 Å². The number of benzene rings is 1. The van der Waals surface area contributed by atoms with E-state index in [9.17, 15) is 24.3 Å². The van der Waals surface area contributed by atoms with Crippen LogP contribution in [-0.2, 0) is 9.59 Å². The lowest BCUT2D eigenvalue weighted by atomic mass is 9.81. The van der Waals surface area contributed by atoms with Gasteiger partial charge in [-0.05, 0) is 76.1 Å². The van der Waals surface area contributed by atoms with Crippen molar-refractivity contribution in [2.24, 2.45) is 23.5 Å². The molecule has 2 atom stereocenters. The molecule has 0 saturated heterocycles. The van der Waals surface area contributed by atoms with E-state index >= 15 is 0 Å². The van der Waals surface area contributed by atoms with Crippen molar-refractivity contribution in [3.05, 3.63) is 39.6 Å². The third-order valence-corrected chi connectivity index (χ3v) is 9.02. The molecule has 1 aromatic carbocycles. The second-order valence-electron chi connectivity index (χ2n) is 10.3. The maximum Gasteiger partial charge on any atom is 0.335 e. The molecule has 198 valence electrons. The number of carbonyl (C=O) groups is 4. The first kappa shape index (κ1) is 27.0. The maximum atomic E-state index is 13.3. The number of carboxylic acids is 1. The summed E-state index contributed by atoms with van der Waals surface area (Å²) < 4.78 is 0. The first-order valence-corrected chi connectivity index (χ1v) is 13.8. The lowest BCUT2D eigenvalue weighted by Crippen LogP contribution is -2.36. The van der Waals surface area contributed by atoms with Gasteiger partial charge in [-0.25, -0.2) is 4.79 Å². The van der Waals surface area contributed by atoms with E-state index in [1.807, 2.05) is 13.0 Å². The number of carboxylic acid groups (broad SMARTS) is 1. The van der Waals surface area contributed by atoms with Crippen LogP contribution in [0.1, 0.15) is 89.7 Å². The summed E-state index contributed by atoms with van der Waals surface area (Å²) in [5.74, 6) is -1.26. The van der Waals surface area contributed by atoms with E-state index in [1.54, 1.807) is 6.07 Å². The number of thiophene rings is 1. The van der Waals surface area contributed by atoms with Crippen LogP contribution in [0.2, 0.25) is 0 Å². The monoisotopic (exact) mass is 525 g/mol. The van der Waals surface area contributed by atoms with Crippen LogP contribution in [0.15, 0.2) is 24.3 Å². The van der Waals surface area contributed by atoms with E-state index in [0.29, 0.717) is 53.4 Å². The Morgan fingerprint density at radius 1 is 1.08 bits per heavy atom. The summed E-state index contributed by atoms with van der Waals surface area (Å²) in [6.45, 7) is 3.99. The minimum absolute atomic E-state index is 0.0317. The molecule has 1 saturated carbocycles. The molecule has 4 rings (SSSR count). The summed E-state index contributed by atoms with van der Waals surface area (Å²) in [6.07, 6.45) is 5.55. The standard InChI is InChI=1S/C28H35N3O5S/c1-15-4-3-5-22(30-27(34)18-8-6-17(14-29)7-9-18)24-13-21(25(37-24)16(2)32)20-11-10-19(28(35)36)12-23(20)31-26(15)33/h10-13,15,17-18,22H,3-9,14,29H2,1-2H3,(H,30,34)(H,31,33)(H,35,36)/t15-,17?,18?,22+/m1/s1. The van der Waals surface area contributed by atoms with Crippen LogP contribution in [0.5, 0.6) is 0 Å². The molecule has 1 aliphatic heterocycles. The molecule has 2 amide bonds. The van der Waals surface area contributed by atoms with Gasteiger partial charge < -0.3 is 21.5 Å². The fourth-order valence-corrected chi connectivity index (χ4v) is 6.46. The van der Waals surface area contributed by atoms with Gasteiger partial charge in [0.05, 0.1) is 16.5 Å². The third kappa shape index (κ3) is 6.10. The fourth-order valence-electron chi connectivity index (χ4n) is 5.31. The third-order valence-electron chi connectivity index (χ3n) is 7.67. The van der Waals surface area contributed by atoms with Gasteiger partial charge >= 0.3 is 5.97 Å². The van der Waals surface area contributed by atoms with E-state index in [-0.39, 0.29) is 41.0 Å². The number of Topliss-reactive ketones (excluding diaryl/α,β-unsaturated/α-hetero) is 1. The van der Waals surface area contributed by atoms with Crippen LogP contribution in [0.4, 0.5) is 5.69 Å². The topological polar surface area (TPSA) is 139 Å². The number of amides is 2. The Bertz CT molecular complexity index is 1200. The van der Waals surface area contributed by atoms with Crippen molar-refractivity contribution in [3.63, 3.8) is 0 Å². The Labute approximate surface area is 221 Å². The Balaban J connectivity index is 1.72. The van der Waals surface area contributed by atoms with Gasteiger partial charge in [0.15, 0.2) is 5.78 Å². The molecule has 2 aliphatic rings.